The van der Waals surface area contributed by atoms with Crippen molar-refractivity contribution in [3.63, 3.8) is 0 Å². The van der Waals surface area contributed by atoms with Gasteiger partial charge in [-0.1, -0.05) is 23.7 Å². The van der Waals surface area contributed by atoms with Crippen molar-refractivity contribution >= 4 is 28.4 Å². The molecule has 0 aliphatic heterocycles. The summed E-state index contributed by atoms with van der Waals surface area (Å²) >= 11 is 5.91. The second-order valence-electron chi connectivity index (χ2n) is 5.68. The van der Waals surface area contributed by atoms with Crippen LogP contribution < -0.4 is 0 Å². The Morgan fingerprint density at radius 3 is 2.44 bits per heavy atom. The Morgan fingerprint density at radius 1 is 0.960 bits per heavy atom. The van der Waals surface area contributed by atoms with E-state index in [1.165, 1.54) is 0 Å². The number of aromatic nitrogens is 3. The summed E-state index contributed by atoms with van der Waals surface area (Å²) in [6.45, 7) is 0.208. The monoisotopic (exact) mass is 347 g/mol. The van der Waals surface area contributed by atoms with Gasteiger partial charge in [0.25, 0.3) is 0 Å². The van der Waals surface area contributed by atoms with Gasteiger partial charge in [-0.25, -0.2) is 4.98 Å². The molecule has 0 saturated heterocycles. The zero-order valence-corrected chi connectivity index (χ0v) is 14.0. The summed E-state index contributed by atoms with van der Waals surface area (Å²) in [5.74, 6) is 0.765. The molecule has 2 aromatic carbocycles. The standard InChI is InChI=1S/C20H14ClN3O/c21-16-7-5-14(6-8-16)19(25)13-24-18-4-2-1-3-17(18)23-20(24)15-9-11-22-12-10-15/h1-12H,13H2. The van der Waals surface area contributed by atoms with Crippen molar-refractivity contribution in [3.05, 3.63) is 83.6 Å². The van der Waals surface area contributed by atoms with Crippen molar-refractivity contribution in [2.45, 2.75) is 6.54 Å². The number of Topliss-reactive ketones (excluding diaryl/α,β-unsaturated/α-hetero) is 1. The molecule has 0 saturated carbocycles. The van der Waals surface area contributed by atoms with Crippen LogP contribution in [0.5, 0.6) is 0 Å². The van der Waals surface area contributed by atoms with E-state index >= 15 is 0 Å². The molecule has 0 N–H and O–H groups in total. The van der Waals surface area contributed by atoms with Crippen LogP contribution in [0.15, 0.2) is 73.1 Å². The van der Waals surface area contributed by atoms with Crippen molar-refractivity contribution in [2.75, 3.05) is 0 Å². The van der Waals surface area contributed by atoms with Gasteiger partial charge in [-0.15, -0.1) is 0 Å². The predicted molar refractivity (Wildman–Crippen MR) is 98.7 cm³/mol. The summed E-state index contributed by atoms with van der Waals surface area (Å²) in [4.78, 5) is 21.5. The summed E-state index contributed by atoms with van der Waals surface area (Å²) in [5, 5.41) is 0.613. The van der Waals surface area contributed by atoms with Crippen LogP contribution in [-0.2, 0) is 6.54 Å². The minimum atomic E-state index is 0.00938. The maximum Gasteiger partial charge on any atom is 0.182 e. The van der Waals surface area contributed by atoms with E-state index in [0.717, 1.165) is 22.4 Å². The van der Waals surface area contributed by atoms with E-state index in [0.29, 0.717) is 10.6 Å². The number of halogens is 1. The number of nitrogens with zero attached hydrogens (tertiary/aromatic N) is 3. The van der Waals surface area contributed by atoms with Gasteiger partial charge in [-0.3, -0.25) is 9.78 Å². The molecule has 0 bridgehead atoms. The molecule has 0 unspecified atom stereocenters. The zero-order chi connectivity index (χ0) is 17.2. The second kappa shape index (κ2) is 6.49. The Balaban J connectivity index is 1.80. The summed E-state index contributed by atoms with van der Waals surface area (Å²) in [6, 6.07) is 18.5. The lowest BCUT2D eigenvalue weighted by Gasteiger charge is -2.09. The Kier molecular flexibility index (Phi) is 4.04. The van der Waals surface area contributed by atoms with Crippen LogP contribution in [0.2, 0.25) is 5.02 Å². The summed E-state index contributed by atoms with van der Waals surface area (Å²) < 4.78 is 1.95. The van der Waals surface area contributed by atoms with Gasteiger partial charge in [-0.05, 0) is 48.5 Å². The number of pyridine rings is 1. The Morgan fingerprint density at radius 2 is 1.68 bits per heavy atom. The molecular formula is C20H14ClN3O. The molecule has 0 spiro atoms. The van der Waals surface area contributed by atoms with Gasteiger partial charge >= 0.3 is 0 Å². The van der Waals surface area contributed by atoms with E-state index in [-0.39, 0.29) is 12.3 Å². The van der Waals surface area contributed by atoms with Crippen LogP contribution in [0, 0.1) is 0 Å². The van der Waals surface area contributed by atoms with E-state index < -0.39 is 0 Å². The summed E-state index contributed by atoms with van der Waals surface area (Å²) in [5.41, 5.74) is 3.34. The maximum atomic E-state index is 12.7. The number of imidazole rings is 1. The molecule has 0 amide bonds. The molecule has 5 heteroatoms. The van der Waals surface area contributed by atoms with Gasteiger partial charge in [-0.2, -0.15) is 0 Å². The third kappa shape index (κ3) is 3.04. The molecule has 4 nitrogen and oxygen atoms in total. The largest absolute Gasteiger partial charge is 0.316 e. The highest BCUT2D eigenvalue weighted by Gasteiger charge is 2.16. The number of para-hydroxylation sites is 2. The highest BCUT2D eigenvalue weighted by atomic mass is 35.5. The van der Waals surface area contributed by atoms with Crippen molar-refractivity contribution in [3.8, 4) is 11.4 Å². The first-order valence-electron chi connectivity index (χ1n) is 7.87. The first-order valence-corrected chi connectivity index (χ1v) is 8.24. The molecule has 0 fully saturated rings. The van der Waals surface area contributed by atoms with Crippen LogP contribution in [0.1, 0.15) is 10.4 Å². The quantitative estimate of drug-likeness (QED) is 0.505. The predicted octanol–water partition coefficient (Wildman–Crippen LogP) is 4.63. The lowest BCUT2D eigenvalue weighted by atomic mass is 10.1. The molecule has 0 atom stereocenters. The van der Waals surface area contributed by atoms with Gasteiger partial charge in [0.15, 0.2) is 5.78 Å². The number of fused-ring (bicyclic) bond motifs is 1. The fourth-order valence-electron chi connectivity index (χ4n) is 2.83. The molecule has 2 aromatic heterocycles. The third-order valence-corrected chi connectivity index (χ3v) is 4.31. The van der Waals surface area contributed by atoms with Crippen molar-refractivity contribution in [1.82, 2.24) is 14.5 Å². The number of hydrogen-bond acceptors (Lipinski definition) is 3. The van der Waals surface area contributed by atoms with Crippen LogP contribution >= 0.6 is 11.6 Å². The number of ketones is 1. The fourth-order valence-corrected chi connectivity index (χ4v) is 2.95. The first kappa shape index (κ1) is 15.5. The van der Waals surface area contributed by atoms with Crippen molar-refractivity contribution in [2.24, 2.45) is 0 Å². The summed E-state index contributed by atoms with van der Waals surface area (Å²) in [6.07, 6.45) is 3.44. The van der Waals surface area contributed by atoms with E-state index in [1.54, 1.807) is 36.7 Å². The average molecular weight is 348 g/mol. The number of carbonyl (C=O) groups excluding carboxylic acids is 1. The molecule has 2 heterocycles. The molecule has 0 aliphatic rings. The molecule has 25 heavy (non-hydrogen) atoms. The van der Waals surface area contributed by atoms with Crippen LogP contribution in [-0.4, -0.2) is 20.3 Å². The van der Waals surface area contributed by atoms with Crippen LogP contribution in [0.25, 0.3) is 22.4 Å². The highest BCUT2D eigenvalue weighted by molar-refractivity contribution is 6.30. The number of benzene rings is 2. The summed E-state index contributed by atoms with van der Waals surface area (Å²) in [7, 11) is 0. The SMILES string of the molecule is O=C(Cn1c(-c2ccncc2)nc2ccccc21)c1ccc(Cl)cc1. The van der Waals surface area contributed by atoms with E-state index in [4.69, 9.17) is 16.6 Å². The molecule has 4 aromatic rings. The number of carbonyl (C=O) groups is 1. The molecule has 122 valence electrons. The average Bonchev–Trinajstić information content (AvgIpc) is 3.02. The third-order valence-electron chi connectivity index (χ3n) is 4.06. The second-order valence-corrected chi connectivity index (χ2v) is 6.11. The van der Waals surface area contributed by atoms with E-state index in [1.807, 2.05) is 41.0 Å². The lowest BCUT2D eigenvalue weighted by Crippen LogP contribution is -2.11. The molecular weight excluding hydrogens is 334 g/mol. The molecule has 0 aliphatic carbocycles. The van der Waals surface area contributed by atoms with Crippen molar-refractivity contribution < 1.29 is 4.79 Å². The van der Waals surface area contributed by atoms with Gasteiger partial charge in [0.2, 0.25) is 0 Å². The van der Waals surface area contributed by atoms with Gasteiger partial charge in [0.05, 0.1) is 17.6 Å². The lowest BCUT2D eigenvalue weighted by molar-refractivity contribution is 0.0974. The number of hydrogen-bond donors (Lipinski definition) is 0. The smallest absolute Gasteiger partial charge is 0.182 e. The minimum Gasteiger partial charge on any atom is -0.316 e. The van der Waals surface area contributed by atoms with Gasteiger partial charge in [0.1, 0.15) is 5.82 Å². The Bertz CT molecular complexity index is 1040. The normalized spacial score (nSPS) is 10.9. The first-order chi connectivity index (χ1) is 12.2. The van der Waals surface area contributed by atoms with Crippen LogP contribution in [0.4, 0.5) is 0 Å². The molecule has 4 rings (SSSR count). The minimum absolute atomic E-state index is 0.00938. The Hall–Kier alpha value is -2.98. The van der Waals surface area contributed by atoms with E-state index in [2.05, 4.69) is 4.98 Å². The van der Waals surface area contributed by atoms with Gasteiger partial charge < -0.3 is 4.57 Å². The van der Waals surface area contributed by atoms with E-state index in [9.17, 15) is 4.79 Å². The maximum absolute atomic E-state index is 12.7. The Labute approximate surface area is 149 Å². The fraction of sp³-hybridized carbons (Fsp3) is 0.0500. The zero-order valence-electron chi connectivity index (χ0n) is 13.3. The molecule has 0 radical (unpaired) electrons. The van der Waals surface area contributed by atoms with Crippen LogP contribution in [0.3, 0.4) is 0 Å². The van der Waals surface area contributed by atoms with Gasteiger partial charge in [0, 0.05) is 28.5 Å². The van der Waals surface area contributed by atoms with Crippen molar-refractivity contribution in [1.29, 1.82) is 0 Å². The number of rotatable bonds is 4. The highest BCUT2D eigenvalue weighted by Crippen LogP contribution is 2.25. The topological polar surface area (TPSA) is 47.8 Å².